The Morgan fingerprint density at radius 1 is 1.27 bits per heavy atom. The molecule has 122 valence electrons. The Hall–Kier alpha value is -1.26. The Morgan fingerprint density at radius 2 is 1.95 bits per heavy atom. The van der Waals surface area contributed by atoms with Gasteiger partial charge in [0, 0.05) is 13.1 Å². The van der Waals surface area contributed by atoms with Crippen LogP contribution in [0, 0.1) is 0 Å². The molecule has 1 aromatic rings. The van der Waals surface area contributed by atoms with Gasteiger partial charge in [0.15, 0.2) is 6.10 Å². The number of nitrogens with one attached hydrogen (secondary N) is 1. The SMILES string of the molecule is CC(Oc1ccccc1Cl)C(=O)NCCN1CCCCCC1. The first-order valence-corrected chi connectivity index (χ1v) is 8.46. The summed E-state index contributed by atoms with van der Waals surface area (Å²) in [6.45, 7) is 5.59. The molecule has 1 atom stereocenters. The van der Waals surface area contributed by atoms with Crippen LogP contribution in [-0.2, 0) is 4.79 Å². The van der Waals surface area contributed by atoms with Gasteiger partial charge < -0.3 is 15.0 Å². The minimum atomic E-state index is -0.552. The molecule has 1 aliphatic heterocycles. The highest BCUT2D eigenvalue weighted by Crippen LogP contribution is 2.24. The van der Waals surface area contributed by atoms with Crippen molar-refractivity contribution in [3.8, 4) is 5.75 Å². The molecule has 1 fully saturated rings. The number of halogens is 1. The smallest absolute Gasteiger partial charge is 0.260 e. The molecule has 1 aromatic carbocycles. The Labute approximate surface area is 137 Å². The number of nitrogens with zero attached hydrogens (tertiary/aromatic N) is 1. The largest absolute Gasteiger partial charge is 0.479 e. The quantitative estimate of drug-likeness (QED) is 0.874. The van der Waals surface area contributed by atoms with E-state index in [1.54, 1.807) is 19.1 Å². The van der Waals surface area contributed by atoms with Crippen LogP contribution in [0.2, 0.25) is 5.02 Å². The number of ether oxygens (including phenoxy) is 1. The summed E-state index contributed by atoms with van der Waals surface area (Å²) in [5, 5.41) is 3.46. The highest BCUT2D eigenvalue weighted by molar-refractivity contribution is 6.32. The summed E-state index contributed by atoms with van der Waals surface area (Å²) in [7, 11) is 0. The van der Waals surface area contributed by atoms with E-state index in [1.807, 2.05) is 12.1 Å². The maximum absolute atomic E-state index is 12.1. The van der Waals surface area contributed by atoms with Gasteiger partial charge in [-0.1, -0.05) is 36.6 Å². The molecule has 2 rings (SSSR count). The standard InChI is InChI=1S/C17H25ClN2O2/c1-14(22-16-9-5-4-8-15(16)18)17(21)19-10-13-20-11-6-2-3-7-12-20/h4-5,8-9,14H,2-3,6-7,10-13H2,1H3,(H,19,21). The minimum absolute atomic E-state index is 0.102. The second-order valence-electron chi connectivity index (χ2n) is 5.74. The summed E-state index contributed by atoms with van der Waals surface area (Å²) in [6, 6.07) is 7.19. The van der Waals surface area contributed by atoms with Gasteiger partial charge in [-0.05, 0) is 45.0 Å². The van der Waals surface area contributed by atoms with Gasteiger partial charge in [-0.25, -0.2) is 0 Å². The Bertz CT molecular complexity index is 473. The summed E-state index contributed by atoms with van der Waals surface area (Å²) >= 11 is 6.03. The van der Waals surface area contributed by atoms with E-state index in [9.17, 15) is 4.79 Å². The third-order valence-electron chi connectivity index (χ3n) is 3.94. The van der Waals surface area contributed by atoms with Crippen molar-refractivity contribution < 1.29 is 9.53 Å². The normalized spacial score (nSPS) is 17.5. The lowest BCUT2D eigenvalue weighted by molar-refractivity contribution is -0.127. The molecular weight excluding hydrogens is 300 g/mol. The van der Waals surface area contributed by atoms with E-state index < -0.39 is 6.10 Å². The van der Waals surface area contributed by atoms with Gasteiger partial charge in [0.05, 0.1) is 5.02 Å². The molecule has 0 aliphatic carbocycles. The average Bonchev–Trinajstić information content (AvgIpc) is 2.78. The molecule has 1 heterocycles. The van der Waals surface area contributed by atoms with Crippen LogP contribution < -0.4 is 10.1 Å². The molecule has 0 saturated carbocycles. The molecule has 0 radical (unpaired) electrons. The van der Waals surface area contributed by atoms with Crippen molar-refractivity contribution >= 4 is 17.5 Å². The van der Waals surface area contributed by atoms with Gasteiger partial charge in [0.2, 0.25) is 0 Å². The van der Waals surface area contributed by atoms with Crippen molar-refractivity contribution in [3.63, 3.8) is 0 Å². The molecule has 1 saturated heterocycles. The fourth-order valence-corrected chi connectivity index (χ4v) is 2.81. The van der Waals surface area contributed by atoms with Gasteiger partial charge in [0.25, 0.3) is 5.91 Å². The molecule has 5 heteroatoms. The Balaban J connectivity index is 1.71. The van der Waals surface area contributed by atoms with Crippen molar-refractivity contribution in [3.05, 3.63) is 29.3 Å². The second kappa shape index (κ2) is 9.01. The molecule has 4 nitrogen and oxygen atoms in total. The van der Waals surface area contributed by atoms with Crippen molar-refractivity contribution in [1.82, 2.24) is 10.2 Å². The summed E-state index contributed by atoms with van der Waals surface area (Å²) in [6.07, 6.45) is 4.63. The first-order chi connectivity index (χ1) is 10.7. The van der Waals surface area contributed by atoms with Crippen molar-refractivity contribution in [2.45, 2.75) is 38.7 Å². The van der Waals surface area contributed by atoms with Crippen LogP contribution >= 0.6 is 11.6 Å². The van der Waals surface area contributed by atoms with Crippen LogP contribution in [0.5, 0.6) is 5.75 Å². The molecule has 1 unspecified atom stereocenters. The molecule has 1 amide bonds. The van der Waals surface area contributed by atoms with E-state index in [-0.39, 0.29) is 5.91 Å². The number of carbonyl (C=O) groups excluding carboxylic acids is 1. The lowest BCUT2D eigenvalue weighted by Crippen LogP contribution is -2.41. The Morgan fingerprint density at radius 3 is 2.64 bits per heavy atom. The fraction of sp³-hybridized carbons (Fsp3) is 0.588. The highest BCUT2D eigenvalue weighted by atomic mass is 35.5. The van der Waals surface area contributed by atoms with E-state index in [0.29, 0.717) is 17.3 Å². The maximum Gasteiger partial charge on any atom is 0.260 e. The molecule has 0 spiro atoms. The van der Waals surface area contributed by atoms with Crippen LogP contribution in [0.25, 0.3) is 0 Å². The van der Waals surface area contributed by atoms with Gasteiger partial charge in [-0.3, -0.25) is 4.79 Å². The van der Waals surface area contributed by atoms with Crippen LogP contribution in [0.4, 0.5) is 0 Å². The van der Waals surface area contributed by atoms with Gasteiger partial charge >= 0.3 is 0 Å². The number of para-hydroxylation sites is 1. The first-order valence-electron chi connectivity index (χ1n) is 8.08. The number of amides is 1. The second-order valence-corrected chi connectivity index (χ2v) is 6.14. The Kier molecular flexibility index (Phi) is 7.00. The zero-order chi connectivity index (χ0) is 15.8. The zero-order valence-electron chi connectivity index (χ0n) is 13.2. The minimum Gasteiger partial charge on any atom is -0.479 e. The highest BCUT2D eigenvalue weighted by Gasteiger charge is 2.16. The predicted molar refractivity (Wildman–Crippen MR) is 89.5 cm³/mol. The number of benzene rings is 1. The van der Waals surface area contributed by atoms with Crippen LogP contribution in [0.15, 0.2) is 24.3 Å². The summed E-state index contributed by atoms with van der Waals surface area (Å²) in [4.78, 5) is 14.5. The average molecular weight is 325 g/mol. The third kappa shape index (κ3) is 5.50. The monoisotopic (exact) mass is 324 g/mol. The van der Waals surface area contributed by atoms with Crippen LogP contribution in [0.1, 0.15) is 32.6 Å². The van der Waals surface area contributed by atoms with Crippen molar-refractivity contribution in [1.29, 1.82) is 0 Å². The van der Waals surface area contributed by atoms with E-state index in [1.165, 1.54) is 25.7 Å². The van der Waals surface area contributed by atoms with E-state index >= 15 is 0 Å². The zero-order valence-corrected chi connectivity index (χ0v) is 13.9. The van der Waals surface area contributed by atoms with E-state index in [4.69, 9.17) is 16.3 Å². The molecule has 0 bridgehead atoms. The van der Waals surface area contributed by atoms with Crippen molar-refractivity contribution in [2.24, 2.45) is 0 Å². The lowest BCUT2D eigenvalue weighted by Gasteiger charge is -2.21. The third-order valence-corrected chi connectivity index (χ3v) is 4.25. The van der Waals surface area contributed by atoms with Gasteiger partial charge in [-0.15, -0.1) is 0 Å². The number of likely N-dealkylation sites (tertiary alicyclic amines) is 1. The molecule has 0 aromatic heterocycles. The van der Waals surface area contributed by atoms with Gasteiger partial charge in [0.1, 0.15) is 5.75 Å². The molecule has 1 aliphatic rings. The summed E-state index contributed by atoms with van der Waals surface area (Å²) in [5.41, 5.74) is 0. The van der Waals surface area contributed by atoms with Gasteiger partial charge in [-0.2, -0.15) is 0 Å². The molecule has 1 N–H and O–H groups in total. The number of hydrogen-bond donors (Lipinski definition) is 1. The van der Waals surface area contributed by atoms with Crippen molar-refractivity contribution in [2.75, 3.05) is 26.2 Å². The summed E-state index contributed by atoms with van der Waals surface area (Å²) < 4.78 is 5.61. The number of rotatable bonds is 6. The predicted octanol–water partition coefficient (Wildman–Crippen LogP) is 3.10. The molecule has 22 heavy (non-hydrogen) atoms. The fourth-order valence-electron chi connectivity index (χ4n) is 2.63. The van der Waals surface area contributed by atoms with Crippen LogP contribution in [-0.4, -0.2) is 43.1 Å². The van der Waals surface area contributed by atoms with E-state index in [0.717, 1.165) is 19.6 Å². The number of hydrogen-bond acceptors (Lipinski definition) is 3. The molecular formula is C17H25ClN2O2. The van der Waals surface area contributed by atoms with E-state index in [2.05, 4.69) is 10.2 Å². The first kappa shape index (κ1) is 17.1. The maximum atomic E-state index is 12.1. The lowest BCUT2D eigenvalue weighted by atomic mass is 10.2. The summed E-state index contributed by atoms with van der Waals surface area (Å²) in [5.74, 6) is 0.439. The van der Waals surface area contributed by atoms with Crippen LogP contribution in [0.3, 0.4) is 0 Å². The topological polar surface area (TPSA) is 41.6 Å². The number of carbonyl (C=O) groups is 1.